The molecule has 0 bridgehead atoms. The number of rotatable bonds is 5. The number of nitrogens with one attached hydrogen (secondary N) is 3. The predicted molar refractivity (Wildman–Crippen MR) is 114 cm³/mol. The van der Waals surface area contributed by atoms with Crippen LogP contribution in [0.1, 0.15) is 29.6 Å². The van der Waals surface area contributed by atoms with Crippen LogP contribution < -0.4 is 16.0 Å². The van der Waals surface area contributed by atoms with Gasteiger partial charge in [0.15, 0.2) is 0 Å². The van der Waals surface area contributed by atoms with Crippen LogP contribution in [0.5, 0.6) is 0 Å². The van der Waals surface area contributed by atoms with Crippen molar-refractivity contribution in [2.45, 2.75) is 43.4 Å². The van der Waals surface area contributed by atoms with Crippen molar-refractivity contribution in [3.63, 3.8) is 0 Å². The Kier molecular flexibility index (Phi) is 5.24. The van der Waals surface area contributed by atoms with Crippen molar-refractivity contribution < 1.29 is 18.0 Å². The van der Waals surface area contributed by atoms with Crippen LogP contribution in [0.15, 0.2) is 42.7 Å². The molecule has 7 nitrogen and oxygen atoms in total. The van der Waals surface area contributed by atoms with Crippen molar-refractivity contribution in [1.82, 2.24) is 25.0 Å². The highest BCUT2D eigenvalue weighted by Crippen LogP contribution is 2.37. The van der Waals surface area contributed by atoms with E-state index in [0.29, 0.717) is 47.9 Å². The third kappa shape index (κ3) is 4.14. The molecule has 168 valence electrons. The van der Waals surface area contributed by atoms with Crippen LogP contribution in [0.25, 0.3) is 17.0 Å². The minimum atomic E-state index is -2.69. The second-order valence-corrected chi connectivity index (χ2v) is 8.39. The molecule has 10 heteroatoms. The topological polar surface area (TPSA) is 83.4 Å². The molecule has 2 atom stereocenters. The number of nitrogens with zero attached hydrogens (tertiary/aromatic N) is 3. The molecule has 0 aromatic carbocycles. The van der Waals surface area contributed by atoms with E-state index in [1.165, 1.54) is 0 Å². The van der Waals surface area contributed by atoms with Crippen LogP contribution in [0.3, 0.4) is 0 Å². The lowest BCUT2D eigenvalue weighted by molar-refractivity contribution is -0.0901. The molecular weight excluding hydrogens is 421 g/mol. The van der Waals surface area contributed by atoms with Gasteiger partial charge in [-0.05, 0) is 37.2 Å². The molecule has 3 aromatic heterocycles. The highest BCUT2D eigenvalue weighted by Gasteiger charge is 2.45. The summed E-state index contributed by atoms with van der Waals surface area (Å²) >= 11 is 0. The lowest BCUT2D eigenvalue weighted by atomic mass is 9.88. The summed E-state index contributed by atoms with van der Waals surface area (Å²) in [5.41, 5.74) is 2.25. The van der Waals surface area contributed by atoms with Gasteiger partial charge in [0, 0.05) is 37.2 Å². The van der Waals surface area contributed by atoms with Crippen molar-refractivity contribution >= 4 is 17.4 Å². The maximum absolute atomic E-state index is 14.1. The summed E-state index contributed by atoms with van der Waals surface area (Å²) < 4.78 is 41.9. The molecule has 0 radical (unpaired) electrons. The summed E-state index contributed by atoms with van der Waals surface area (Å²) in [6.45, 7) is 1.20. The van der Waals surface area contributed by atoms with Crippen molar-refractivity contribution in [3.8, 4) is 11.4 Å². The lowest BCUT2D eigenvalue weighted by Gasteiger charge is -2.35. The number of alkyl halides is 3. The Labute approximate surface area is 182 Å². The van der Waals surface area contributed by atoms with Gasteiger partial charge < -0.3 is 16.0 Å². The van der Waals surface area contributed by atoms with Gasteiger partial charge in [-0.1, -0.05) is 6.07 Å². The largest absolute Gasteiger partial charge is 0.363 e. The number of fused-ring (bicyclic) bond motifs is 1. The number of hydrogen-bond donors (Lipinski definition) is 3. The lowest BCUT2D eigenvalue weighted by Crippen LogP contribution is -2.50. The third-order valence-electron chi connectivity index (χ3n) is 5.94. The van der Waals surface area contributed by atoms with E-state index in [9.17, 15) is 18.0 Å². The molecule has 1 amide bonds. The van der Waals surface area contributed by atoms with Crippen molar-refractivity contribution in [1.29, 1.82) is 0 Å². The molecule has 5 rings (SSSR count). The molecule has 3 aromatic rings. The number of hydrogen-bond acceptors (Lipinski definition) is 5. The van der Waals surface area contributed by atoms with Crippen LogP contribution in [0.4, 0.5) is 19.0 Å². The first-order valence-corrected chi connectivity index (χ1v) is 10.6. The number of carbonyl (C=O) groups is 1. The zero-order valence-electron chi connectivity index (χ0n) is 17.2. The van der Waals surface area contributed by atoms with Crippen LogP contribution in [-0.2, 0) is 0 Å². The number of aromatic nitrogens is 3. The Morgan fingerprint density at radius 1 is 1.25 bits per heavy atom. The van der Waals surface area contributed by atoms with Gasteiger partial charge in [-0.15, -0.1) is 0 Å². The Morgan fingerprint density at radius 3 is 2.88 bits per heavy atom. The molecule has 1 saturated heterocycles. The number of carbonyl (C=O) groups excluding carboxylic acids is 1. The standard InChI is InChI=1S/C22H23F3N6O/c23-15-4-6-26-11-17(15)30-19-3-1-2-16(29-19)18-12-27-20-8-13(5-7-31(18)20)21(32)28-14-9-22(24,25)10-14/h1-3,5,7-8,12,14-15,17,26H,4,6,9-11H2,(H,28,32)(H,29,30). The van der Waals surface area contributed by atoms with Gasteiger partial charge in [-0.3, -0.25) is 9.20 Å². The van der Waals surface area contributed by atoms with Crippen molar-refractivity contribution in [2.24, 2.45) is 0 Å². The van der Waals surface area contributed by atoms with Crippen LogP contribution >= 0.6 is 0 Å². The van der Waals surface area contributed by atoms with Crippen LogP contribution in [0.2, 0.25) is 0 Å². The average Bonchev–Trinajstić information content (AvgIpc) is 3.17. The van der Waals surface area contributed by atoms with E-state index >= 15 is 0 Å². The first-order valence-electron chi connectivity index (χ1n) is 10.6. The van der Waals surface area contributed by atoms with Gasteiger partial charge in [0.25, 0.3) is 11.8 Å². The number of amides is 1. The van der Waals surface area contributed by atoms with E-state index in [-0.39, 0.29) is 18.9 Å². The molecule has 1 aliphatic carbocycles. The Balaban J connectivity index is 1.33. The van der Waals surface area contributed by atoms with Gasteiger partial charge >= 0.3 is 0 Å². The van der Waals surface area contributed by atoms with Crippen LogP contribution in [0, 0.1) is 0 Å². The van der Waals surface area contributed by atoms with Gasteiger partial charge in [-0.25, -0.2) is 23.1 Å². The fourth-order valence-corrected chi connectivity index (χ4v) is 4.16. The third-order valence-corrected chi connectivity index (χ3v) is 5.94. The normalized spacial score (nSPS) is 23.0. The zero-order valence-corrected chi connectivity index (χ0v) is 17.2. The maximum Gasteiger partial charge on any atom is 0.252 e. The van der Waals surface area contributed by atoms with E-state index in [1.54, 1.807) is 35.0 Å². The van der Waals surface area contributed by atoms with E-state index < -0.39 is 24.0 Å². The van der Waals surface area contributed by atoms with E-state index in [1.807, 2.05) is 12.1 Å². The van der Waals surface area contributed by atoms with Crippen LogP contribution in [-0.4, -0.2) is 57.5 Å². The summed E-state index contributed by atoms with van der Waals surface area (Å²) in [4.78, 5) is 21.4. The summed E-state index contributed by atoms with van der Waals surface area (Å²) in [6, 6.07) is 7.84. The van der Waals surface area contributed by atoms with Gasteiger partial charge in [0.1, 0.15) is 17.6 Å². The molecule has 3 N–H and O–H groups in total. The van der Waals surface area contributed by atoms with Gasteiger partial charge in [-0.2, -0.15) is 0 Å². The summed E-state index contributed by atoms with van der Waals surface area (Å²) in [5.74, 6) is -2.51. The summed E-state index contributed by atoms with van der Waals surface area (Å²) in [5, 5.41) is 8.96. The molecule has 2 aliphatic rings. The Bertz CT molecular complexity index is 1140. The minimum Gasteiger partial charge on any atom is -0.363 e. The molecule has 4 heterocycles. The Morgan fingerprint density at radius 2 is 2.09 bits per heavy atom. The molecule has 32 heavy (non-hydrogen) atoms. The molecular formula is C22H23F3N6O. The quantitative estimate of drug-likeness (QED) is 0.564. The van der Waals surface area contributed by atoms with Gasteiger partial charge in [0.05, 0.1) is 23.6 Å². The molecule has 0 spiro atoms. The maximum atomic E-state index is 14.1. The molecule has 1 saturated carbocycles. The number of imidazole rings is 1. The highest BCUT2D eigenvalue weighted by molar-refractivity contribution is 5.95. The first kappa shape index (κ1) is 20.7. The predicted octanol–water partition coefficient (Wildman–Crippen LogP) is 3.04. The summed E-state index contributed by atoms with van der Waals surface area (Å²) in [7, 11) is 0. The first-order chi connectivity index (χ1) is 15.4. The van der Waals surface area contributed by atoms with E-state index in [0.717, 1.165) is 0 Å². The fraction of sp³-hybridized carbons (Fsp3) is 0.409. The Hall–Kier alpha value is -3.14. The van der Waals surface area contributed by atoms with E-state index in [2.05, 4.69) is 25.9 Å². The highest BCUT2D eigenvalue weighted by atomic mass is 19.3. The number of halogens is 3. The molecule has 2 fully saturated rings. The molecule has 1 aliphatic heterocycles. The SMILES string of the molecule is O=C(NC1CC(F)(F)C1)c1ccn2c(-c3cccc(NC4CNCCC4F)n3)cnc2c1. The second-order valence-electron chi connectivity index (χ2n) is 8.39. The zero-order chi connectivity index (χ0) is 22.3. The van der Waals surface area contributed by atoms with Crippen molar-refractivity contribution in [3.05, 3.63) is 48.3 Å². The monoisotopic (exact) mass is 444 g/mol. The second kappa shape index (κ2) is 8.09. The average molecular weight is 444 g/mol. The molecule has 2 unspecified atom stereocenters. The minimum absolute atomic E-state index is 0.329. The number of pyridine rings is 2. The fourth-order valence-electron chi connectivity index (χ4n) is 4.16. The smallest absolute Gasteiger partial charge is 0.252 e. The number of anilines is 1. The van der Waals surface area contributed by atoms with E-state index in [4.69, 9.17) is 0 Å². The van der Waals surface area contributed by atoms with Gasteiger partial charge in [0.2, 0.25) is 0 Å². The van der Waals surface area contributed by atoms with Crippen molar-refractivity contribution in [2.75, 3.05) is 18.4 Å². The summed E-state index contributed by atoms with van der Waals surface area (Å²) in [6.07, 6.45) is 2.22. The number of piperidine rings is 1.